The molecular weight excluding hydrogens is 324 g/mol. The molecule has 0 unspecified atom stereocenters. The third kappa shape index (κ3) is 4.42. The van der Waals surface area contributed by atoms with Crippen LogP contribution in [-0.4, -0.2) is 55.1 Å². The molecule has 3 rings (SSSR count). The first-order chi connectivity index (χ1) is 11.9. The molecule has 1 aromatic heterocycles. The van der Waals surface area contributed by atoms with Gasteiger partial charge in [0.05, 0.1) is 0 Å². The van der Waals surface area contributed by atoms with E-state index in [9.17, 15) is 8.78 Å². The molecule has 0 spiro atoms. The van der Waals surface area contributed by atoms with Crippen molar-refractivity contribution in [3.8, 4) is 0 Å². The fourth-order valence-electron chi connectivity index (χ4n) is 2.99. The highest BCUT2D eigenvalue weighted by Gasteiger charge is 2.19. The van der Waals surface area contributed by atoms with Crippen LogP contribution < -0.4 is 9.80 Å². The molecule has 1 fully saturated rings. The van der Waals surface area contributed by atoms with E-state index in [0.29, 0.717) is 18.1 Å². The van der Waals surface area contributed by atoms with Gasteiger partial charge >= 0.3 is 0 Å². The van der Waals surface area contributed by atoms with Gasteiger partial charge in [0.15, 0.2) is 0 Å². The van der Waals surface area contributed by atoms with Gasteiger partial charge in [-0.15, -0.1) is 0 Å². The molecule has 0 atom stereocenters. The number of piperazine rings is 1. The van der Waals surface area contributed by atoms with Crippen molar-refractivity contribution in [1.29, 1.82) is 0 Å². The molecule has 1 aliphatic rings. The van der Waals surface area contributed by atoms with Gasteiger partial charge in [0.1, 0.15) is 17.5 Å². The summed E-state index contributed by atoms with van der Waals surface area (Å²) >= 11 is 0. The maximum Gasteiger partial charge on any atom is 0.226 e. The van der Waals surface area contributed by atoms with Crippen LogP contribution in [0.4, 0.5) is 20.5 Å². The normalized spacial score (nSPS) is 15.5. The Morgan fingerprint density at radius 1 is 0.960 bits per heavy atom. The maximum atomic E-state index is 13.3. The Balaban J connectivity index is 1.64. The van der Waals surface area contributed by atoms with Gasteiger partial charge < -0.3 is 9.80 Å². The fourth-order valence-corrected chi connectivity index (χ4v) is 2.99. The van der Waals surface area contributed by atoms with Crippen molar-refractivity contribution in [2.24, 2.45) is 0 Å². The number of aryl methyl sites for hydroxylation is 1. The highest BCUT2D eigenvalue weighted by atomic mass is 19.1. The Kier molecular flexibility index (Phi) is 5.13. The van der Waals surface area contributed by atoms with Crippen LogP contribution in [0.1, 0.15) is 11.3 Å². The summed E-state index contributed by atoms with van der Waals surface area (Å²) in [4.78, 5) is 15.4. The van der Waals surface area contributed by atoms with E-state index in [1.54, 1.807) is 0 Å². The molecule has 0 bridgehead atoms. The summed E-state index contributed by atoms with van der Waals surface area (Å²) in [6.45, 7) is 5.79. The Morgan fingerprint density at radius 3 is 2.20 bits per heavy atom. The fraction of sp³-hybridized carbons (Fsp3) is 0.444. The summed E-state index contributed by atoms with van der Waals surface area (Å²) in [6, 6.07) is 5.69. The van der Waals surface area contributed by atoms with Gasteiger partial charge in [-0.1, -0.05) is 0 Å². The number of rotatable bonds is 4. The van der Waals surface area contributed by atoms with Crippen LogP contribution in [0.5, 0.6) is 0 Å². The van der Waals surface area contributed by atoms with E-state index in [1.807, 2.05) is 32.0 Å². The van der Waals surface area contributed by atoms with Gasteiger partial charge in [-0.25, -0.2) is 13.8 Å². The van der Waals surface area contributed by atoms with E-state index >= 15 is 0 Å². The molecule has 1 aliphatic heterocycles. The van der Waals surface area contributed by atoms with Gasteiger partial charge in [0.2, 0.25) is 5.95 Å². The van der Waals surface area contributed by atoms with E-state index in [2.05, 4.69) is 19.8 Å². The second kappa shape index (κ2) is 7.31. The topological polar surface area (TPSA) is 35.5 Å². The molecule has 0 radical (unpaired) electrons. The number of aromatic nitrogens is 2. The van der Waals surface area contributed by atoms with Crippen molar-refractivity contribution in [1.82, 2.24) is 14.9 Å². The predicted octanol–water partition coefficient (Wildman–Crippen LogP) is 2.45. The van der Waals surface area contributed by atoms with Gasteiger partial charge in [-0.3, -0.25) is 4.90 Å². The number of benzene rings is 1. The molecule has 1 saturated heterocycles. The highest BCUT2D eigenvalue weighted by molar-refractivity contribution is 5.45. The Hall–Kier alpha value is -2.28. The van der Waals surface area contributed by atoms with Crippen molar-refractivity contribution >= 4 is 11.8 Å². The molecule has 25 heavy (non-hydrogen) atoms. The molecule has 7 heteroatoms. The molecule has 2 aromatic rings. The van der Waals surface area contributed by atoms with Crippen LogP contribution in [0, 0.1) is 18.6 Å². The average molecular weight is 347 g/mol. The smallest absolute Gasteiger partial charge is 0.226 e. The zero-order valence-electron chi connectivity index (χ0n) is 14.8. The lowest BCUT2D eigenvalue weighted by molar-refractivity contribution is 0.248. The maximum absolute atomic E-state index is 13.3. The Bertz CT molecular complexity index is 722. The molecule has 2 heterocycles. The lowest BCUT2D eigenvalue weighted by Gasteiger charge is -2.35. The van der Waals surface area contributed by atoms with Crippen LogP contribution in [0.25, 0.3) is 0 Å². The summed E-state index contributed by atoms with van der Waals surface area (Å²) in [7, 11) is 3.85. The van der Waals surface area contributed by atoms with E-state index in [4.69, 9.17) is 0 Å². The van der Waals surface area contributed by atoms with E-state index in [-0.39, 0.29) is 0 Å². The molecule has 0 saturated carbocycles. The van der Waals surface area contributed by atoms with Crippen molar-refractivity contribution in [3.05, 3.63) is 47.2 Å². The van der Waals surface area contributed by atoms with Gasteiger partial charge in [0, 0.05) is 64.6 Å². The van der Waals surface area contributed by atoms with Crippen molar-refractivity contribution in [2.75, 3.05) is 50.1 Å². The van der Waals surface area contributed by atoms with Gasteiger partial charge in [0.25, 0.3) is 0 Å². The number of anilines is 2. The Morgan fingerprint density at radius 2 is 1.60 bits per heavy atom. The SMILES string of the molecule is Cc1cc(N2CCN(Cc3cc(F)cc(F)c3)CC2)nc(N(C)C)n1. The first-order valence-electron chi connectivity index (χ1n) is 8.36. The zero-order chi connectivity index (χ0) is 18.0. The van der Waals surface area contributed by atoms with Crippen molar-refractivity contribution in [2.45, 2.75) is 13.5 Å². The minimum absolute atomic E-state index is 0.527. The average Bonchev–Trinajstić information content (AvgIpc) is 2.54. The lowest BCUT2D eigenvalue weighted by Crippen LogP contribution is -2.46. The third-order valence-electron chi connectivity index (χ3n) is 4.25. The molecular formula is C18H23F2N5. The van der Waals surface area contributed by atoms with Gasteiger partial charge in [-0.05, 0) is 24.6 Å². The largest absolute Gasteiger partial charge is 0.354 e. The molecule has 0 amide bonds. The van der Waals surface area contributed by atoms with Crippen LogP contribution >= 0.6 is 0 Å². The third-order valence-corrected chi connectivity index (χ3v) is 4.25. The standard InChI is InChI=1S/C18H23F2N5/c1-13-8-17(22-18(21-13)23(2)3)25-6-4-24(5-7-25)12-14-9-15(19)11-16(20)10-14/h8-11H,4-7,12H2,1-3H3. The number of hydrogen-bond donors (Lipinski definition) is 0. The van der Waals surface area contributed by atoms with Crippen molar-refractivity contribution in [3.63, 3.8) is 0 Å². The molecule has 134 valence electrons. The Labute approximate surface area is 146 Å². The van der Waals surface area contributed by atoms with E-state index in [1.165, 1.54) is 12.1 Å². The minimum Gasteiger partial charge on any atom is -0.354 e. The van der Waals surface area contributed by atoms with Crippen LogP contribution in [-0.2, 0) is 6.54 Å². The lowest BCUT2D eigenvalue weighted by atomic mass is 10.2. The monoisotopic (exact) mass is 347 g/mol. The van der Waals surface area contributed by atoms with Crippen molar-refractivity contribution < 1.29 is 8.78 Å². The zero-order valence-corrected chi connectivity index (χ0v) is 14.8. The second-order valence-corrected chi connectivity index (χ2v) is 6.60. The van der Waals surface area contributed by atoms with Crippen LogP contribution in [0.2, 0.25) is 0 Å². The first-order valence-corrected chi connectivity index (χ1v) is 8.36. The summed E-state index contributed by atoms with van der Waals surface area (Å²) in [5.41, 5.74) is 1.60. The molecule has 5 nitrogen and oxygen atoms in total. The number of nitrogens with zero attached hydrogens (tertiary/aromatic N) is 5. The minimum atomic E-state index is -0.527. The highest BCUT2D eigenvalue weighted by Crippen LogP contribution is 2.19. The van der Waals surface area contributed by atoms with E-state index in [0.717, 1.165) is 43.8 Å². The summed E-state index contributed by atoms with van der Waals surface area (Å²) < 4.78 is 26.6. The molecule has 1 aromatic carbocycles. The number of hydrogen-bond acceptors (Lipinski definition) is 5. The first kappa shape index (κ1) is 17.5. The summed E-state index contributed by atoms with van der Waals surface area (Å²) in [5, 5.41) is 0. The van der Waals surface area contributed by atoms with E-state index < -0.39 is 11.6 Å². The summed E-state index contributed by atoms with van der Waals surface area (Å²) in [5.74, 6) is 0.572. The predicted molar refractivity (Wildman–Crippen MR) is 94.9 cm³/mol. The molecule has 0 aliphatic carbocycles. The molecule has 0 N–H and O–H groups in total. The van der Waals surface area contributed by atoms with Gasteiger partial charge in [-0.2, -0.15) is 4.98 Å². The number of halogens is 2. The van der Waals surface area contributed by atoms with Crippen LogP contribution in [0.3, 0.4) is 0 Å². The summed E-state index contributed by atoms with van der Waals surface area (Å²) in [6.07, 6.45) is 0. The second-order valence-electron chi connectivity index (χ2n) is 6.60. The van der Waals surface area contributed by atoms with Crippen LogP contribution in [0.15, 0.2) is 24.3 Å². The quantitative estimate of drug-likeness (QED) is 0.849.